The van der Waals surface area contributed by atoms with E-state index in [0.29, 0.717) is 6.61 Å². The molecule has 4 heteroatoms. The highest BCUT2D eigenvalue weighted by atomic mass is 16.5. The van der Waals surface area contributed by atoms with Gasteiger partial charge in [0.15, 0.2) is 5.82 Å². The van der Waals surface area contributed by atoms with Gasteiger partial charge in [-0.25, -0.2) is 9.97 Å². The molecule has 0 saturated carbocycles. The van der Waals surface area contributed by atoms with Crippen molar-refractivity contribution in [2.24, 2.45) is 0 Å². The zero-order valence-electron chi connectivity index (χ0n) is 12.2. The van der Waals surface area contributed by atoms with E-state index >= 15 is 0 Å². The summed E-state index contributed by atoms with van der Waals surface area (Å²) in [6.07, 6.45) is 2.71. The van der Waals surface area contributed by atoms with Gasteiger partial charge in [-0.2, -0.15) is 0 Å². The Bertz CT molecular complexity index is 360. The molecule has 1 aromatic heterocycles. The second-order valence-corrected chi connectivity index (χ2v) is 5.36. The fourth-order valence-electron chi connectivity index (χ4n) is 1.60. The monoisotopic (exact) mass is 251 g/mol. The van der Waals surface area contributed by atoms with Gasteiger partial charge in [0.25, 0.3) is 0 Å². The third-order valence-corrected chi connectivity index (χ3v) is 2.56. The maximum Gasteiger partial charge on any atom is 0.157 e. The second kappa shape index (κ2) is 6.81. The normalized spacial score (nSPS) is 13.6. The highest BCUT2D eigenvalue weighted by Gasteiger charge is 2.14. The largest absolute Gasteiger partial charge is 0.371 e. The predicted molar refractivity (Wildman–Crippen MR) is 73.3 cm³/mol. The van der Waals surface area contributed by atoms with Gasteiger partial charge in [0.2, 0.25) is 0 Å². The van der Waals surface area contributed by atoms with Gasteiger partial charge in [0.1, 0.15) is 6.10 Å². The Morgan fingerprint density at radius 3 is 2.61 bits per heavy atom. The Hall–Kier alpha value is -1.00. The summed E-state index contributed by atoms with van der Waals surface area (Å²) in [7, 11) is 0. The van der Waals surface area contributed by atoms with Crippen LogP contribution in [-0.4, -0.2) is 22.1 Å². The molecule has 1 aromatic rings. The van der Waals surface area contributed by atoms with Crippen LogP contribution in [0.3, 0.4) is 0 Å². The van der Waals surface area contributed by atoms with Crippen LogP contribution in [0.5, 0.6) is 0 Å². The SMILES string of the molecule is CCOC(CC)c1nccc(CNC(C)(C)C)n1. The summed E-state index contributed by atoms with van der Waals surface area (Å²) in [6.45, 7) is 11.9. The summed E-state index contributed by atoms with van der Waals surface area (Å²) >= 11 is 0. The molecule has 0 radical (unpaired) electrons. The van der Waals surface area contributed by atoms with Gasteiger partial charge in [0, 0.05) is 24.9 Å². The van der Waals surface area contributed by atoms with Crippen molar-refractivity contribution < 1.29 is 4.74 Å². The quantitative estimate of drug-likeness (QED) is 0.844. The minimum atomic E-state index is 0.00425. The molecule has 102 valence electrons. The zero-order valence-corrected chi connectivity index (χ0v) is 12.2. The first kappa shape index (κ1) is 15.1. The van der Waals surface area contributed by atoms with Crippen molar-refractivity contribution in [1.82, 2.24) is 15.3 Å². The molecule has 1 heterocycles. The lowest BCUT2D eigenvalue weighted by molar-refractivity contribution is 0.0533. The number of hydrogen-bond donors (Lipinski definition) is 1. The summed E-state index contributed by atoms with van der Waals surface area (Å²) in [6, 6.07) is 1.95. The Kier molecular flexibility index (Phi) is 5.69. The fraction of sp³-hybridized carbons (Fsp3) is 0.714. The summed E-state index contributed by atoms with van der Waals surface area (Å²) in [5, 5.41) is 3.42. The van der Waals surface area contributed by atoms with Crippen molar-refractivity contribution >= 4 is 0 Å². The van der Waals surface area contributed by atoms with Crippen molar-refractivity contribution in [2.75, 3.05) is 6.61 Å². The molecule has 1 N–H and O–H groups in total. The van der Waals surface area contributed by atoms with E-state index in [-0.39, 0.29) is 11.6 Å². The summed E-state index contributed by atoms with van der Waals surface area (Å²) in [5.74, 6) is 0.785. The molecule has 0 fully saturated rings. The first-order chi connectivity index (χ1) is 8.46. The number of aromatic nitrogens is 2. The van der Waals surface area contributed by atoms with Crippen LogP contribution in [0, 0.1) is 0 Å². The van der Waals surface area contributed by atoms with Gasteiger partial charge in [-0.15, -0.1) is 0 Å². The number of rotatable bonds is 6. The lowest BCUT2D eigenvalue weighted by Gasteiger charge is -2.20. The standard InChI is InChI=1S/C14H25N3O/c1-6-12(18-7-2)13-15-9-8-11(17-13)10-16-14(3,4)5/h8-9,12,16H,6-7,10H2,1-5H3. The molecule has 4 nitrogen and oxygen atoms in total. The van der Waals surface area contributed by atoms with Crippen LogP contribution in [0.15, 0.2) is 12.3 Å². The third-order valence-electron chi connectivity index (χ3n) is 2.56. The van der Waals surface area contributed by atoms with Crippen molar-refractivity contribution in [3.8, 4) is 0 Å². The van der Waals surface area contributed by atoms with Gasteiger partial charge >= 0.3 is 0 Å². The summed E-state index contributed by atoms with van der Waals surface area (Å²) in [4.78, 5) is 8.88. The van der Waals surface area contributed by atoms with Crippen LogP contribution >= 0.6 is 0 Å². The molecule has 1 unspecified atom stereocenters. The minimum absolute atomic E-state index is 0.00425. The van der Waals surface area contributed by atoms with E-state index in [4.69, 9.17) is 4.74 Å². The van der Waals surface area contributed by atoms with Crippen molar-refractivity contribution in [1.29, 1.82) is 0 Å². The first-order valence-electron chi connectivity index (χ1n) is 6.64. The average Bonchev–Trinajstić information content (AvgIpc) is 2.33. The van der Waals surface area contributed by atoms with Gasteiger partial charge in [-0.1, -0.05) is 6.92 Å². The van der Waals surface area contributed by atoms with Gasteiger partial charge in [-0.05, 0) is 40.2 Å². The summed E-state index contributed by atoms with van der Waals surface area (Å²) in [5.41, 5.74) is 1.10. The molecule has 0 saturated heterocycles. The van der Waals surface area contributed by atoms with E-state index in [9.17, 15) is 0 Å². The molecule has 1 atom stereocenters. The van der Waals surface area contributed by atoms with E-state index in [1.807, 2.05) is 19.2 Å². The third kappa shape index (κ3) is 5.10. The molecule has 1 rings (SSSR count). The minimum Gasteiger partial charge on any atom is -0.371 e. The Morgan fingerprint density at radius 1 is 1.33 bits per heavy atom. The van der Waals surface area contributed by atoms with E-state index in [0.717, 1.165) is 24.5 Å². The number of nitrogens with one attached hydrogen (secondary N) is 1. The fourth-order valence-corrected chi connectivity index (χ4v) is 1.60. The molecule has 0 aliphatic carbocycles. The Balaban J connectivity index is 2.72. The average molecular weight is 251 g/mol. The molecule has 0 aromatic carbocycles. The molecule has 0 amide bonds. The maximum atomic E-state index is 5.63. The van der Waals surface area contributed by atoms with Gasteiger partial charge in [0.05, 0.1) is 5.69 Å². The van der Waals surface area contributed by atoms with Crippen molar-refractivity contribution in [3.63, 3.8) is 0 Å². The van der Waals surface area contributed by atoms with E-state index in [1.54, 1.807) is 0 Å². The van der Waals surface area contributed by atoms with Crippen molar-refractivity contribution in [3.05, 3.63) is 23.8 Å². The van der Waals surface area contributed by atoms with Crippen LogP contribution in [0.4, 0.5) is 0 Å². The van der Waals surface area contributed by atoms with Gasteiger partial charge < -0.3 is 10.1 Å². The number of ether oxygens (including phenoxy) is 1. The topological polar surface area (TPSA) is 47.0 Å². The van der Waals surface area contributed by atoms with Crippen LogP contribution in [0.2, 0.25) is 0 Å². The van der Waals surface area contributed by atoms with E-state index in [2.05, 4.69) is 43.0 Å². The predicted octanol–water partition coefficient (Wildman–Crippen LogP) is 2.85. The maximum absolute atomic E-state index is 5.63. The van der Waals surface area contributed by atoms with Gasteiger partial charge in [-0.3, -0.25) is 0 Å². The van der Waals surface area contributed by atoms with E-state index in [1.165, 1.54) is 0 Å². The van der Waals surface area contributed by atoms with Crippen molar-refractivity contribution in [2.45, 2.75) is 59.2 Å². The number of nitrogens with zero attached hydrogens (tertiary/aromatic N) is 2. The molecule has 18 heavy (non-hydrogen) atoms. The highest BCUT2D eigenvalue weighted by Crippen LogP contribution is 2.16. The molecule has 0 aliphatic rings. The number of hydrogen-bond acceptors (Lipinski definition) is 4. The second-order valence-electron chi connectivity index (χ2n) is 5.36. The Morgan fingerprint density at radius 2 is 2.06 bits per heavy atom. The lowest BCUT2D eigenvalue weighted by Crippen LogP contribution is -2.35. The molecule has 0 bridgehead atoms. The first-order valence-corrected chi connectivity index (χ1v) is 6.64. The molecule has 0 aliphatic heterocycles. The smallest absolute Gasteiger partial charge is 0.157 e. The highest BCUT2D eigenvalue weighted by molar-refractivity contribution is 5.04. The molecular weight excluding hydrogens is 226 g/mol. The van der Waals surface area contributed by atoms with E-state index < -0.39 is 0 Å². The Labute approximate surface area is 110 Å². The lowest BCUT2D eigenvalue weighted by atomic mass is 10.1. The van der Waals surface area contributed by atoms with Crippen LogP contribution in [0.25, 0.3) is 0 Å². The van der Waals surface area contributed by atoms with Crippen LogP contribution < -0.4 is 5.32 Å². The molecular formula is C14H25N3O. The zero-order chi connectivity index (χ0) is 13.6. The van der Waals surface area contributed by atoms with Crippen LogP contribution in [-0.2, 0) is 11.3 Å². The summed E-state index contributed by atoms with van der Waals surface area (Å²) < 4.78 is 5.63. The molecule has 0 spiro atoms. The van der Waals surface area contributed by atoms with Crippen LogP contribution in [0.1, 0.15) is 58.7 Å².